The van der Waals surface area contributed by atoms with E-state index in [0.29, 0.717) is 5.92 Å². The topological polar surface area (TPSA) is 40.1 Å². The minimum Gasteiger partial charge on any atom is -0.497 e. The van der Waals surface area contributed by atoms with E-state index in [1.807, 2.05) is 7.05 Å². The van der Waals surface area contributed by atoms with Gasteiger partial charge >= 0.3 is 0 Å². The van der Waals surface area contributed by atoms with Crippen LogP contribution in [0.4, 0.5) is 0 Å². The normalized spacial score (nSPS) is 22.7. The molecule has 3 rings (SSSR count). The van der Waals surface area contributed by atoms with Crippen molar-refractivity contribution in [2.75, 3.05) is 53.4 Å². The number of guanidine groups is 1. The number of methoxy groups -OCH3 is 1. The monoisotopic (exact) mass is 358 g/mol. The second kappa shape index (κ2) is 9.26. The third-order valence-electron chi connectivity index (χ3n) is 5.87. The van der Waals surface area contributed by atoms with E-state index in [1.165, 1.54) is 37.9 Å². The molecule has 5 heteroatoms. The lowest BCUT2D eigenvalue weighted by Crippen LogP contribution is -2.44. The SMILES string of the molecule is CN=C(NCCN1CCC(C)CC1)N1CCC(c2ccc(OC)cc2)C1. The molecule has 1 aromatic rings. The smallest absolute Gasteiger partial charge is 0.193 e. The molecule has 144 valence electrons. The molecule has 26 heavy (non-hydrogen) atoms. The Morgan fingerprint density at radius 3 is 2.54 bits per heavy atom. The van der Waals surface area contributed by atoms with Crippen LogP contribution in [0.1, 0.15) is 37.7 Å². The third-order valence-corrected chi connectivity index (χ3v) is 5.87. The zero-order valence-electron chi connectivity index (χ0n) is 16.6. The lowest BCUT2D eigenvalue weighted by atomic mass is 9.98. The van der Waals surface area contributed by atoms with Crippen LogP contribution in [-0.4, -0.2) is 69.2 Å². The molecular formula is C21H34N4O. The minimum absolute atomic E-state index is 0.572. The van der Waals surface area contributed by atoms with E-state index in [4.69, 9.17) is 4.74 Å². The average Bonchev–Trinajstić information content (AvgIpc) is 3.17. The van der Waals surface area contributed by atoms with Crippen molar-refractivity contribution in [2.45, 2.75) is 32.1 Å². The van der Waals surface area contributed by atoms with Crippen LogP contribution in [0.2, 0.25) is 0 Å². The predicted octanol–water partition coefficient (Wildman–Crippen LogP) is 2.79. The molecule has 2 heterocycles. The highest BCUT2D eigenvalue weighted by molar-refractivity contribution is 5.80. The number of rotatable bonds is 5. The van der Waals surface area contributed by atoms with Crippen LogP contribution >= 0.6 is 0 Å². The van der Waals surface area contributed by atoms with Gasteiger partial charge in [0.2, 0.25) is 0 Å². The Morgan fingerprint density at radius 1 is 1.15 bits per heavy atom. The van der Waals surface area contributed by atoms with Crippen molar-refractivity contribution in [3.63, 3.8) is 0 Å². The van der Waals surface area contributed by atoms with Crippen molar-refractivity contribution in [2.24, 2.45) is 10.9 Å². The van der Waals surface area contributed by atoms with Crippen LogP contribution in [0.5, 0.6) is 5.75 Å². The van der Waals surface area contributed by atoms with Gasteiger partial charge < -0.3 is 19.9 Å². The summed E-state index contributed by atoms with van der Waals surface area (Å²) in [7, 11) is 3.61. The maximum atomic E-state index is 5.27. The number of nitrogens with zero attached hydrogens (tertiary/aromatic N) is 3. The highest BCUT2D eigenvalue weighted by atomic mass is 16.5. The molecule has 1 N–H and O–H groups in total. The van der Waals surface area contributed by atoms with Crippen LogP contribution in [0.25, 0.3) is 0 Å². The van der Waals surface area contributed by atoms with E-state index >= 15 is 0 Å². The van der Waals surface area contributed by atoms with Crippen LogP contribution in [0.3, 0.4) is 0 Å². The zero-order chi connectivity index (χ0) is 18.4. The van der Waals surface area contributed by atoms with Crippen molar-refractivity contribution in [3.05, 3.63) is 29.8 Å². The van der Waals surface area contributed by atoms with Crippen molar-refractivity contribution in [1.29, 1.82) is 0 Å². The molecular weight excluding hydrogens is 324 g/mol. The summed E-state index contributed by atoms with van der Waals surface area (Å²) in [4.78, 5) is 9.48. The molecule has 0 saturated carbocycles. The summed E-state index contributed by atoms with van der Waals surface area (Å²) < 4.78 is 5.27. The molecule has 1 unspecified atom stereocenters. The maximum absolute atomic E-state index is 5.27. The first kappa shape index (κ1) is 19.0. The van der Waals surface area contributed by atoms with Crippen LogP contribution in [-0.2, 0) is 0 Å². The summed E-state index contributed by atoms with van der Waals surface area (Å²) in [5.41, 5.74) is 1.39. The van der Waals surface area contributed by atoms with Crippen molar-refractivity contribution < 1.29 is 4.74 Å². The first-order valence-corrected chi connectivity index (χ1v) is 10.0. The highest BCUT2D eigenvalue weighted by Gasteiger charge is 2.26. The standard InChI is InChI=1S/C21H34N4O/c1-17-8-12-24(13-9-17)15-11-23-21(22-2)25-14-10-19(16-25)18-4-6-20(26-3)7-5-18/h4-7,17,19H,8-16H2,1-3H3,(H,22,23). The molecule has 0 bridgehead atoms. The molecule has 0 amide bonds. The Hall–Kier alpha value is -1.75. The zero-order valence-corrected chi connectivity index (χ0v) is 16.6. The van der Waals surface area contributed by atoms with Crippen molar-refractivity contribution >= 4 is 5.96 Å². The van der Waals surface area contributed by atoms with Crippen LogP contribution in [0, 0.1) is 5.92 Å². The molecule has 2 fully saturated rings. The van der Waals surface area contributed by atoms with Gasteiger partial charge in [-0.1, -0.05) is 19.1 Å². The molecule has 0 radical (unpaired) electrons. The van der Waals surface area contributed by atoms with E-state index in [-0.39, 0.29) is 0 Å². The summed E-state index contributed by atoms with van der Waals surface area (Å²) in [5.74, 6) is 3.44. The number of piperidine rings is 1. The Kier molecular flexibility index (Phi) is 6.78. The Balaban J connectivity index is 1.45. The van der Waals surface area contributed by atoms with Gasteiger partial charge in [-0.3, -0.25) is 4.99 Å². The Labute approximate surface area is 158 Å². The first-order valence-electron chi connectivity index (χ1n) is 10.0. The van der Waals surface area contributed by atoms with E-state index in [9.17, 15) is 0 Å². The van der Waals surface area contributed by atoms with Crippen molar-refractivity contribution in [3.8, 4) is 5.75 Å². The van der Waals surface area contributed by atoms with Crippen molar-refractivity contribution in [1.82, 2.24) is 15.1 Å². The molecule has 1 aromatic carbocycles. The largest absolute Gasteiger partial charge is 0.497 e. The van der Waals surface area contributed by atoms with Gasteiger partial charge in [-0.05, 0) is 56.0 Å². The summed E-state index contributed by atoms with van der Waals surface area (Å²) in [6.07, 6.45) is 3.85. The van der Waals surface area contributed by atoms with Gasteiger partial charge in [-0.25, -0.2) is 0 Å². The van der Waals surface area contributed by atoms with Gasteiger partial charge in [-0.15, -0.1) is 0 Å². The lowest BCUT2D eigenvalue weighted by Gasteiger charge is -2.30. The Morgan fingerprint density at radius 2 is 1.88 bits per heavy atom. The van der Waals surface area contributed by atoms with Crippen LogP contribution in [0.15, 0.2) is 29.3 Å². The summed E-state index contributed by atoms with van der Waals surface area (Å²) in [5, 5.41) is 3.57. The number of aliphatic imine (C=N–C) groups is 1. The molecule has 0 spiro atoms. The minimum atomic E-state index is 0.572. The van der Waals surface area contributed by atoms with Crippen LogP contribution < -0.4 is 10.1 Å². The van der Waals surface area contributed by atoms with E-state index < -0.39 is 0 Å². The lowest BCUT2D eigenvalue weighted by molar-refractivity contribution is 0.195. The molecule has 2 saturated heterocycles. The number of likely N-dealkylation sites (tertiary alicyclic amines) is 2. The van der Waals surface area contributed by atoms with Gasteiger partial charge in [0.05, 0.1) is 7.11 Å². The van der Waals surface area contributed by atoms with Gasteiger partial charge in [0.15, 0.2) is 5.96 Å². The molecule has 0 aromatic heterocycles. The number of benzene rings is 1. The molecule has 0 aliphatic carbocycles. The predicted molar refractivity (Wildman–Crippen MR) is 108 cm³/mol. The summed E-state index contributed by atoms with van der Waals surface area (Å²) in [6, 6.07) is 8.51. The number of ether oxygens (including phenoxy) is 1. The number of nitrogens with one attached hydrogen (secondary N) is 1. The molecule has 5 nitrogen and oxygen atoms in total. The second-order valence-corrected chi connectivity index (χ2v) is 7.70. The fourth-order valence-electron chi connectivity index (χ4n) is 4.04. The molecule has 1 atom stereocenters. The fraction of sp³-hybridized carbons (Fsp3) is 0.667. The van der Waals surface area contributed by atoms with Gasteiger partial charge in [0, 0.05) is 39.1 Å². The maximum Gasteiger partial charge on any atom is 0.193 e. The Bertz CT molecular complexity index is 578. The summed E-state index contributed by atoms with van der Waals surface area (Å²) in [6.45, 7) is 9.04. The number of hydrogen-bond acceptors (Lipinski definition) is 3. The highest BCUT2D eigenvalue weighted by Crippen LogP contribution is 2.28. The van der Waals surface area contributed by atoms with Gasteiger partial charge in [0.25, 0.3) is 0 Å². The average molecular weight is 359 g/mol. The quantitative estimate of drug-likeness (QED) is 0.649. The number of hydrogen-bond donors (Lipinski definition) is 1. The van der Waals surface area contributed by atoms with Gasteiger partial charge in [0.1, 0.15) is 5.75 Å². The fourth-order valence-corrected chi connectivity index (χ4v) is 4.04. The van der Waals surface area contributed by atoms with E-state index in [1.54, 1.807) is 7.11 Å². The second-order valence-electron chi connectivity index (χ2n) is 7.70. The first-order chi connectivity index (χ1) is 12.7. The van der Waals surface area contributed by atoms with Gasteiger partial charge in [-0.2, -0.15) is 0 Å². The third kappa shape index (κ3) is 4.91. The molecule has 2 aliphatic rings. The van der Waals surface area contributed by atoms with E-state index in [2.05, 4.69) is 51.3 Å². The summed E-state index contributed by atoms with van der Waals surface area (Å²) >= 11 is 0. The van der Waals surface area contributed by atoms with E-state index in [0.717, 1.165) is 43.8 Å². The molecule has 2 aliphatic heterocycles.